The highest BCUT2D eigenvalue weighted by Gasteiger charge is 2.36. The Kier molecular flexibility index (Phi) is 6.76. The Morgan fingerprint density at radius 2 is 1.43 bits per heavy atom. The molecule has 1 aliphatic heterocycles. The molecule has 0 aliphatic carbocycles. The molecule has 0 N–H and O–H groups in total. The maximum atomic E-state index is 13.4. The zero-order chi connectivity index (χ0) is 27.6. The van der Waals surface area contributed by atoms with Crippen molar-refractivity contribution in [1.29, 1.82) is 0 Å². The van der Waals surface area contributed by atoms with E-state index in [0.717, 1.165) is 43.8 Å². The third-order valence-electron chi connectivity index (χ3n) is 6.86. The Balaban J connectivity index is 1.35. The number of imide groups is 1. The van der Waals surface area contributed by atoms with Crippen LogP contribution >= 0.6 is 11.8 Å². The van der Waals surface area contributed by atoms with Gasteiger partial charge < -0.3 is 4.74 Å². The van der Waals surface area contributed by atoms with Crippen LogP contribution in [-0.2, 0) is 17.9 Å². The Morgan fingerprint density at radius 3 is 2.23 bits per heavy atom. The summed E-state index contributed by atoms with van der Waals surface area (Å²) in [6.07, 6.45) is 1.69. The lowest BCUT2D eigenvalue weighted by molar-refractivity contribution is -0.385. The lowest BCUT2D eigenvalue weighted by Gasteiger charge is -2.14. The largest absolute Gasteiger partial charge is 0.488 e. The van der Waals surface area contributed by atoms with Crippen LogP contribution in [0.4, 0.5) is 10.5 Å². The fraction of sp³-hybridized carbons (Fsp3) is 0.0625. The number of carbonyl (C=O) groups excluding carboxylic acids is 2. The number of thioether (sulfide) groups is 1. The summed E-state index contributed by atoms with van der Waals surface area (Å²) < 4.78 is 6.34. The van der Waals surface area contributed by atoms with E-state index < -0.39 is 16.1 Å². The van der Waals surface area contributed by atoms with Crippen molar-refractivity contribution in [2.24, 2.45) is 0 Å². The van der Waals surface area contributed by atoms with Gasteiger partial charge in [-0.1, -0.05) is 91.0 Å². The number of amides is 2. The second kappa shape index (κ2) is 10.7. The number of fused-ring (bicyclic) bond motifs is 2. The standard InChI is InChI=1S/C32H22N2O5S/c35-31-30(40-32(36)33(31)19-23-10-3-6-15-28(23)34(37)38)18-27-26-14-5-2-9-22(26)16-17-29(27)39-20-24-12-7-11-21-8-1-4-13-25(21)24/h1-18H,19-20H2/b30-18-. The first-order valence-electron chi connectivity index (χ1n) is 12.6. The summed E-state index contributed by atoms with van der Waals surface area (Å²) in [5.41, 5.74) is 1.88. The monoisotopic (exact) mass is 546 g/mol. The molecule has 1 saturated heterocycles. The summed E-state index contributed by atoms with van der Waals surface area (Å²) >= 11 is 0.817. The first kappa shape index (κ1) is 25.3. The molecule has 2 amide bonds. The summed E-state index contributed by atoms with van der Waals surface area (Å²) in [7, 11) is 0. The maximum absolute atomic E-state index is 13.4. The molecule has 1 heterocycles. The molecule has 0 spiro atoms. The van der Waals surface area contributed by atoms with Gasteiger partial charge in [-0.25, -0.2) is 0 Å². The highest BCUT2D eigenvalue weighted by molar-refractivity contribution is 8.18. The molecule has 8 heteroatoms. The summed E-state index contributed by atoms with van der Waals surface area (Å²) in [5, 5.41) is 15.0. The predicted molar refractivity (Wildman–Crippen MR) is 157 cm³/mol. The summed E-state index contributed by atoms with van der Waals surface area (Å²) in [4.78, 5) is 38.5. The van der Waals surface area contributed by atoms with Gasteiger partial charge in [-0.2, -0.15) is 0 Å². The minimum Gasteiger partial charge on any atom is -0.488 e. The lowest BCUT2D eigenvalue weighted by Crippen LogP contribution is -2.27. The molecule has 5 aromatic carbocycles. The van der Waals surface area contributed by atoms with E-state index in [1.807, 2.05) is 60.7 Å². The van der Waals surface area contributed by atoms with Crippen molar-refractivity contribution in [3.8, 4) is 5.75 Å². The number of rotatable bonds is 7. The average molecular weight is 547 g/mol. The van der Waals surface area contributed by atoms with Crippen molar-refractivity contribution in [3.63, 3.8) is 0 Å². The first-order chi connectivity index (χ1) is 19.5. The molecule has 0 radical (unpaired) electrons. The molecule has 1 fully saturated rings. The van der Waals surface area contributed by atoms with Gasteiger partial charge in [0.2, 0.25) is 0 Å². The molecule has 7 nitrogen and oxygen atoms in total. The van der Waals surface area contributed by atoms with E-state index in [1.54, 1.807) is 24.3 Å². The van der Waals surface area contributed by atoms with Crippen molar-refractivity contribution < 1.29 is 19.2 Å². The second-order valence-electron chi connectivity index (χ2n) is 9.28. The maximum Gasteiger partial charge on any atom is 0.293 e. The van der Waals surface area contributed by atoms with Crippen molar-refractivity contribution >= 4 is 56.2 Å². The van der Waals surface area contributed by atoms with E-state index in [2.05, 4.69) is 18.2 Å². The van der Waals surface area contributed by atoms with Gasteiger partial charge in [0.05, 0.1) is 16.4 Å². The smallest absolute Gasteiger partial charge is 0.293 e. The van der Waals surface area contributed by atoms with Gasteiger partial charge in [-0.05, 0) is 51.0 Å². The van der Waals surface area contributed by atoms with Gasteiger partial charge in [0.15, 0.2) is 0 Å². The molecule has 0 aromatic heterocycles. The van der Waals surface area contributed by atoms with E-state index in [0.29, 0.717) is 23.5 Å². The number of para-hydroxylation sites is 1. The number of nitro groups is 1. The van der Waals surface area contributed by atoms with Crippen LogP contribution < -0.4 is 4.74 Å². The minimum absolute atomic E-state index is 0.135. The van der Waals surface area contributed by atoms with E-state index in [1.165, 1.54) is 6.07 Å². The Labute approximate surface area is 233 Å². The molecule has 0 atom stereocenters. The van der Waals surface area contributed by atoms with E-state index >= 15 is 0 Å². The molecule has 0 saturated carbocycles. The Hall–Kier alpha value is -4.95. The highest BCUT2D eigenvalue weighted by Crippen LogP contribution is 2.38. The number of hydrogen-bond acceptors (Lipinski definition) is 6. The van der Waals surface area contributed by atoms with Crippen LogP contribution in [0.3, 0.4) is 0 Å². The van der Waals surface area contributed by atoms with Gasteiger partial charge >= 0.3 is 0 Å². The van der Waals surface area contributed by atoms with Crippen LogP contribution in [0.15, 0.2) is 108 Å². The normalized spacial score (nSPS) is 14.4. The fourth-order valence-electron chi connectivity index (χ4n) is 4.88. The average Bonchev–Trinajstić information content (AvgIpc) is 3.24. The molecular weight excluding hydrogens is 524 g/mol. The molecule has 0 unspecified atom stereocenters. The van der Waals surface area contributed by atoms with Crippen molar-refractivity contribution in [1.82, 2.24) is 4.90 Å². The van der Waals surface area contributed by atoms with Crippen LogP contribution in [0.2, 0.25) is 0 Å². The van der Waals surface area contributed by atoms with Crippen LogP contribution in [0.1, 0.15) is 16.7 Å². The molecule has 5 aromatic rings. The van der Waals surface area contributed by atoms with Crippen molar-refractivity contribution in [2.45, 2.75) is 13.2 Å². The number of ether oxygens (including phenoxy) is 1. The molecule has 1 aliphatic rings. The molecule has 196 valence electrons. The zero-order valence-corrected chi connectivity index (χ0v) is 22.0. The van der Waals surface area contributed by atoms with Crippen molar-refractivity contribution in [3.05, 3.63) is 135 Å². The first-order valence-corrected chi connectivity index (χ1v) is 13.4. The molecule has 40 heavy (non-hydrogen) atoms. The van der Waals surface area contributed by atoms with E-state index in [-0.39, 0.29) is 17.1 Å². The summed E-state index contributed by atoms with van der Waals surface area (Å²) in [6, 6.07) is 31.9. The van der Waals surface area contributed by atoms with Crippen LogP contribution in [-0.4, -0.2) is 21.0 Å². The topological polar surface area (TPSA) is 89.8 Å². The summed E-state index contributed by atoms with van der Waals surface area (Å²) in [5.74, 6) is 0.0817. The number of hydrogen-bond donors (Lipinski definition) is 0. The van der Waals surface area contributed by atoms with E-state index in [9.17, 15) is 19.7 Å². The Morgan fingerprint density at radius 1 is 0.775 bits per heavy atom. The second-order valence-corrected chi connectivity index (χ2v) is 10.3. The van der Waals surface area contributed by atoms with Gasteiger partial charge in [-0.15, -0.1) is 0 Å². The third kappa shape index (κ3) is 4.81. The van der Waals surface area contributed by atoms with Gasteiger partial charge in [0, 0.05) is 17.2 Å². The number of benzene rings is 5. The highest BCUT2D eigenvalue weighted by atomic mass is 32.2. The number of nitrogens with zero attached hydrogens (tertiary/aromatic N) is 2. The number of carbonyl (C=O) groups is 2. The van der Waals surface area contributed by atoms with Crippen molar-refractivity contribution in [2.75, 3.05) is 0 Å². The quantitative estimate of drug-likeness (QED) is 0.118. The summed E-state index contributed by atoms with van der Waals surface area (Å²) in [6.45, 7) is 0.138. The Bertz CT molecular complexity index is 1840. The predicted octanol–water partition coefficient (Wildman–Crippen LogP) is 7.72. The number of nitro benzene ring substituents is 1. The molecular formula is C32H22N2O5S. The fourth-order valence-corrected chi connectivity index (χ4v) is 5.70. The van der Waals surface area contributed by atoms with Crippen LogP contribution in [0, 0.1) is 10.1 Å². The lowest BCUT2D eigenvalue weighted by atomic mass is 10.0. The van der Waals surface area contributed by atoms with E-state index in [4.69, 9.17) is 4.74 Å². The van der Waals surface area contributed by atoms with Gasteiger partial charge in [0.1, 0.15) is 12.4 Å². The minimum atomic E-state index is -0.514. The van der Waals surface area contributed by atoms with Gasteiger partial charge in [-0.3, -0.25) is 24.6 Å². The third-order valence-corrected chi connectivity index (χ3v) is 7.77. The molecule has 0 bridgehead atoms. The zero-order valence-electron chi connectivity index (χ0n) is 21.2. The van der Waals surface area contributed by atoms with Crippen LogP contribution in [0.25, 0.3) is 27.6 Å². The van der Waals surface area contributed by atoms with Crippen LogP contribution in [0.5, 0.6) is 5.75 Å². The van der Waals surface area contributed by atoms with Gasteiger partial charge in [0.25, 0.3) is 16.8 Å². The molecule has 6 rings (SSSR count). The SMILES string of the molecule is O=C1S/C(=C\c2c(OCc3cccc4ccccc34)ccc3ccccc23)C(=O)N1Cc1ccccc1[N+](=O)[O-].